The summed E-state index contributed by atoms with van der Waals surface area (Å²) in [5, 5.41) is 23.2. The largest absolute Gasteiger partial charge is 0.492 e. The lowest BCUT2D eigenvalue weighted by Crippen LogP contribution is -2.32. The number of rotatable bonds is 11. The van der Waals surface area contributed by atoms with Crippen LogP contribution in [0.2, 0.25) is 0 Å². The topological polar surface area (TPSA) is 78.8 Å². The van der Waals surface area contributed by atoms with Crippen LogP contribution in [-0.4, -0.2) is 35.4 Å². The van der Waals surface area contributed by atoms with Crippen molar-refractivity contribution in [1.29, 1.82) is 0 Å². The van der Waals surface area contributed by atoms with Gasteiger partial charge in [-0.2, -0.15) is 0 Å². The van der Waals surface area contributed by atoms with Crippen molar-refractivity contribution in [3.8, 4) is 16.9 Å². The minimum atomic E-state index is -0.971. The van der Waals surface area contributed by atoms with Gasteiger partial charge in [0, 0.05) is 12.6 Å². The molecular weight excluding hydrogens is 450 g/mol. The van der Waals surface area contributed by atoms with Crippen LogP contribution in [0.1, 0.15) is 47.4 Å². The van der Waals surface area contributed by atoms with Gasteiger partial charge in [0.25, 0.3) is 0 Å². The third-order valence-electron chi connectivity index (χ3n) is 6.06. The molecule has 0 aliphatic heterocycles. The predicted molar refractivity (Wildman–Crippen MR) is 137 cm³/mol. The first-order valence-electron chi connectivity index (χ1n) is 11.6. The van der Waals surface area contributed by atoms with E-state index in [1.165, 1.54) is 5.56 Å². The van der Waals surface area contributed by atoms with E-state index in [1.54, 1.807) is 6.07 Å². The van der Waals surface area contributed by atoms with E-state index in [0.717, 1.165) is 36.0 Å². The van der Waals surface area contributed by atoms with E-state index in [-0.39, 0.29) is 24.0 Å². The molecule has 1 saturated carbocycles. The van der Waals surface area contributed by atoms with Gasteiger partial charge >= 0.3 is 5.97 Å². The number of halogens is 1. The predicted octanol–water partition coefficient (Wildman–Crippen LogP) is 5.52. The molecule has 0 spiro atoms. The van der Waals surface area contributed by atoms with Gasteiger partial charge in [0.1, 0.15) is 11.3 Å². The molecule has 34 heavy (non-hydrogen) atoms. The summed E-state index contributed by atoms with van der Waals surface area (Å²) in [7, 11) is 0. The zero-order valence-electron chi connectivity index (χ0n) is 19.3. The molecule has 3 N–H and O–H groups in total. The molecular formula is C28H32ClNO4. The maximum atomic E-state index is 11.6. The van der Waals surface area contributed by atoms with Crippen LogP contribution in [0, 0.1) is 5.92 Å². The first-order valence-corrected chi connectivity index (χ1v) is 11.6. The number of benzene rings is 3. The average Bonchev–Trinajstić information content (AvgIpc) is 3.66. The van der Waals surface area contributed by atoms with Gasteiger partial charge in [-0.25, -0.2) is 4.79 Å². The fraction of sp³-hybridized carbons (Fsp3) is 0.321. The highest BCUT2D eigenvalue weighted by Crippen LogP contribution is 2.32. The maximum absolute atomic E-state index is 11.6. The highest BCUT2D eigenvalue weighted by atomic mass is 35.5. The van der Waals surface area contributed by atoms with Crippen LogP contribution in [-0.2, 0) is 6.42 Å². The van der Waals surface area contributed by atoms with Crippen LogP contribution in [0.25, 0.3) is 11.1 Å². The number of aliphatic hydroxyl groups is 1. The number of hydrogen-bond donors (Lipinski definition) is 3. The van der Waals surface area contributed by atoms with E-state index in [4.69, 9.17) is 4.74 Å². The van der Waals surface area contributed by atoms with Gasteiger partial charge in [-0.15, -0.1) is 12.4 Å². The average molecular weight is 482 g/mol. The Bertz CT molecular complexity index is 1070. The number of carboxylic acid groups (broad SMARTS) is 1. The first kappa shape index (κ1) is 25.8. The monoisotopic (exact) mass is 481 g/mol. The zero-order chi connectivity index (χ0) is 23.2. The lowest BCUT2D eigenvalue weighted by atomic mass is 9.99. The third kappa shape index (κ3) is 7.07. The van der Waals surface area contributed by atoms with Gasteiger partial charge in [0.2, 0.25) is 0 Å². The van der Waals surface area contributed by atoms with Crippen molar-refractivity contribution >= 4 is 18.4 Å². The molecule has 0 unspecified atom stereocenters. The molecule has 2 atom stereocenters. The van der Waals surface area contributed by atoms with E-state index in [1.807, 2.05) is 42.5 Å². The van der Waals surface area contributed by atoms with Crippen molar-refractivity contribution in [2.45, 2.75) is 38.3 Å². The van der Waals surface area contributed by atoms with Crippen LogP contribution < -0.4 is 10.1 Å². The second-order valence-corrected chi connectivity index (χ2v) is 8.91. The number of nitrogens with one attached hydrogen (secondary N) is 1. The number of aliphatic hydroxyl groups excluding tert-OH is 1. The summed E-state index contributed by atoms with van der Waals surface area (Å²) in [6.45, 7) is 3.19. The van der Waals surface area contributed by atoms with Crippen LogP contribution in [0.5, 0.6) is 5.75 Å². The SMILES string of the molecule is C[C@H](Cc1ccc(-c2ccc(C(=O)O)c(OCC3CC3)c2)cc1)NC[C@H](O)c1ccccc1.Cl. The zero-order valence-corrected chi connectivity index (χ0v) is 20.1. The Balaban J connectivity index is 0.00000324. The molecule has 0 saturated heterocycles. The van der Waals surface area contributed by atoms with Crippen molar-refractivity contribution in [2.75, 3.05) is 13.2 Å². The third-order valence-corrected chi connectivity index (χ3v) is 6.06. The van der Waals surface area contributed by atoms with Gasteiger partial charge < -0.3 is 20.3 Å². The summed E-state index contributed by atoms with van der Waals surface area (Å²) in [6.07, 6.45) is 2.63. The van der Waals surface area contributed by atoms with Gasteiger partial charge in [-0.1, -0.05) is 60.7 Å². The number of carbonyl (C=O) groups is 1. The van der Waals surface area contributed by atoms with Crippen molar-refractivity contribution in [1.82, 2.24) is 5.32 Å². The smallest absolute Gasteiger partial charge is 0.339 e. The van der Waals surface area contributed by atoms with E-state index in [2.05, 4.69) is 36.5 Å². The van der Waals surface area contributed by atoms with E-state index < -0.39 is 12.1 Å². The summed E-state index contributed by atoms with van der Waals surface area (Å²) in [5.41, 5.74) is 4.27. The molecule has 1 aliphatic rings. The summed E-state index contributed by atoms with van der Waals surface area (Å²) in [5.74, 6) is 0.0197. The standard InChI is InChI=1S/C28H31NO4.ClH/c1-19(29-17-26(30)23-5-3-2-4-6-23)15-20-9-11-22(12-10-20)24-13-14-25(28(31)32)27(16-24)33-18-21-7-8-21;/h2-6,9-14,16,19,21,26,29-30H,7-8,15,17-18H2,1H3,(H,31,32);1H/t19-,26+;/m1./s1. The van der Waals surface area contributed by atoms with Crippen molar-refractivity contribution in [3.63, 3.8) is 0 Å². The Kier molecular flexibility index (Phi) is 9.11. The van der Waals surface area contributed by atoms with Crippen LogP contribution in [0.3, 0.4) is 0 Å². The van der Waals surface area contributed by atoms with Gasteiger partial charge in [-0.05, 0) is 66.5 Å². The molecule has 0 bridgehead atoms. The molecule has 0 amide bonds. The Morgan fingerprint density at radius 3 is 2.35 bits per heavy atom. The van der Waals surface area contributed by atoms with E-state index in [9.17, 15) is 15.0 Å². The van der Waals surface area contributed by atoms with Crippen LogP contribution >= 0.6 is 12.4 Å². The minimum Gasteiger partial charge on any atom is -0.492 e. The molecule has 0 aromatic heterocycles. The van der Waals surface area contributed by atoms with Gasteiger partial charge in [0.05, 0.1) is 12.7 Å². The fourth-order valence-corrected chi connectivity index (χ4v) is 3.86. The lowest BCUT2D eigenvalue weighted by Gasteiger charge is -2.18. The molecule has 3 aromatic rings. The van der Waals surface area contributed by atoms with Gasteiger partial charge in [0.15, 0.2) is 0 Å². The van der Waals surface area contributed by atoms with Crippen molar-refractivity contribution in [2.24, 2.45) is 5.92 Å². The molecule has 4 rings (SSSR count). The highest BCUT2D eigenvalue weighted by molar-refractivity contribution is 5.92. The quantitative estimate of drug-likeness (QED) is 0.336. The molecule has 1 fully saturated rings. The highest BCUT2D eigenvalue weighted by Gasteiger charge is 2.23. The second-order valence-electron chi connectivity index (χ2n) is 8.91. The first-order chi connectivity index (χ1) is 16.0. The Morgan fingerprint density at radius 1 is 1.03 bits per heavy atom. The summed E-state index contributed by atoms with van der Waals surface area (Å²) in [6, 6.07) is 23.5. The summed E-state index contributed by atoms with van der Waals surface area (Å²) >= 11 is 0. The molecule has 1 aliphatic carbocycles. The molecule has 180 valence electrons. The molecule has 3 aromatic carbocycles. The fourth-order valence-electron chi connectivity index (χ4n) is 3.86. The summed E-state index contributed by atoms with van der Waals surface area (Å²) in [4.78, 5) is 11.6. The Labute approximate surface area is 207 Å². The Morgan fingerprint density at radius 2 is 1.71 bits per heavy atom. The second kappa shape index (κ2) is 12.0. The normalized spacial score (nSPS) is 14.6. The van der Waals surface area contributed by atoms with Crippen molar-refractivity contribution in [3.05, 3.63) is 89.5 Å². The lowest BCUT2D eigenvalue weighted by molar-refractivity contribution is 0.0692. The van der Waals surface area contributed by atoms with Crippen LogP contribution in [0.15, 0.2) is 72.8 Å². The van der Waals surface area contributed by atoms with Gasteiger partial charge in [-0.3, -0.25) is 0 Å². The molecule has 0 heterocycles. The minimum absolute atomic E-state index is 0. The summed E-state index contributed by atoms with van der Waals surface area (Å²) < 4.78 is 5.83. The molecule has 0 radical (unpaired) electrons. The number of carboxylic acids is 1. The maximum Gasteiger partial charge on any atom is 0.339 e. The molecule has 5 nitrogen and oxygen atoms in total. The Hall–Kier alpha value is -2.86. The van der Waals surface area contributed by atoms with E-state index in [0.29, 0.717) is 24.8 Å². The number of ether oxygens (including phenoxy) is 1. The van der Waals surface area contributed by atoms with Crippen LogP contribution in [0.4, 0.5) is 0 Å². The number of aromatic carboxylic acids is 1. The number of hydrogen-bond acceptors (Lipinski definition) is 4. The molecule has 6 heteroatoms. The van der Waals surface area contributed by atoms with Crippen molar-refractivity contribution < 1.29 is 19.7 Å². The van der Waals surface area contributed by atoms with E-state index >= 15 is 0 Å².